The van der Waals surface area contributed by atoms with Crippen LogP contribution in [0.4, 0.5) is 0 Å². The Morgan fingerprint density at radius 3 is 2.74 bits per heavy atom. The molecule has 0 aliphatic rings. The second-order valence-corrected chi connectivity index (χ2v) is 4.93. The first-order valence-corrected chi connectivity index (χ1v) is 7.02. The number of phenolic OH excluding ortho intramolecular Hbond substituents is 1. The van der Waals surface area contributed by atoms with Crippen LogP contribution in [0.3, 0.4) is 0 Å². The fourth-order valence-corrected chi connectivity index (χ4v) is 2.38. The summed E-state index contributed by atoms with van der Waals surface area (Å²) in [6.07, 6.45) is 0.265. The van der Waals surface area contributed by atoms with Crippen molar-refractivity contribution >= 4 is 23.2 Å². The van der Waals surface area contributed by atoms with E-state index in [2.05, 4.69) is 5.32 Å². The molecule has 2 aromatic rings. The maximum Gasteiger partial charge on any atom is 0.224 e. The highest BCUT2D eigenvalue weighted by molar-refractivity contribution is 6.00. The maximum absolute atomic E-state index is 12.7. The molecule has 1 aromatic carbocycles. The summed E-state index contributed by atoms with van der Waals surface area (Å²) >= 11 is 0. The highest BCUT2D eigenvalue weighted by Gasteiger charge is 2.22. The fourth-order valence-electron chi connectivity index (χ4n) is 2.38. The number of aryl methyl sites for hydroxylation is 1. The van der Waals surface area contributed by atoms with Crippen LogP contribution < -0.4 is 15.5 Å². The Kier molecular flexibility index (Phi) is 4.68. The summed E-state index contributed by atoms with van der Waals surface area (Å²) in [7, 11) is 1.33. The van der Waals surface area contributed by atoms with Crippen molar-refractivity contribution in [2.24, 2.45) is 0 Å². The van der Waals surface area contributed by atoms with Gasteiger partial charge in [0.25, 0.3) is 0 Å². The van der Waals surface area contributed by atoms with Crippen LogP contribution in [0.2, 0.25) is 0 Å². The SMILES string of the molecule is CCNC(=O)Cc1c(C)oc2c(C=O)c(O)cc(OC)c2c1=O. The summed E-state index contributed by atoms with van der Waals surface area (Å²) in [6.45, 7) is 3.75. The number of carbonyl (C=O) groups excluding carboxylic acids is 2. The van der Waals surface area contributed by atoms with Crippen LogP contribution >= 0.6 is 0 Å². The van der Waals surface area contributed by atoms with Crippen LogP contribution in [-0.2, 0) is 11.2 Å². The molecule has 1 heterocycles. The van der Waals surface area contributed by atoms with E-state index in [0.29, 0.717) is 12.8 Å². The van der Waals surface area contributed by atoms with Crippen molar-refractivity contribution in [2.75, 3.05) is 13.7 Å². The van der Waals surface area contributed by atoms with Crippen LogP contribution in [0, 0.1) is 6.92 Å². The predicted molar refractivity (Wildman–Crippen MR) is 83.2 cm³/mol. The number of amides is 1. The van der Waals surface area contributed by atoms with Gasteiger partial charge < -0.3 is 19.6 Å². The number of methoxy groups -OCH3 is 1. The zero-order valence-corrected chi connectivity index (χ0v) is 13.1. The van der Waals surface area contributed by atoms with E-state index in [9.17, 15) is 19.5 Å². The summed E-state index contributed by atoms with van der Waals surface area (Å²) < 4.78 is 10.6. The first-order valence-electron chi connectivity index (χ1n) is 7.02. The highest BCUT2D eigenvalue weighted by atomic mass is 16.5. The third-order valence-corrected chi connectivity index (χ3v) is 3.49. The summed E-state index contributed by atoms with van der Waals surface area (Å²) in [4.78, 5) is 35.7. The Hall–Kier alpha value is -2.83. The van der Waals surface area contributed by atoms with E-state index in [1.54, 1.807) is 6.92 Å². The summed E-state index contributed by atoms with van der Waals surface area (Å²) in [6, 6.07) is 1.17. The summed E-state index contributed by atoms with van der Waals surface area (Å²) in [5.74, 6) is -0.363. The van der Waals surface area contributed by atoms with Gasteiger partial charge in [-0.2, -0.15) is 0 Å². The minimum absolute atomic E-state index is 0.0253. The molecule has 2 N–H and O–H groups in total. The molecule has 0 atom stereocenters. The van der Waals surface area contributed by atoms with Crippen LogP contribution in [0.5, 0.6) is 11.5 Å². The van der Waals surface area contributed by atoms with Crippen molar-refractivity contribution in [3.05, 3.63) is 33.2 Å². The van der Waals surface area contributed by atoms with Crippen LogP contribution in [0.25, 0.3) is 11.0 Å². The van der Waals surface area contributed by atoms with Gasteiger partial charge in [0, 0.05) is 18.2 Å². The quantitative estimate of drug-likeness (QED) is 0.805. The number of ether oxygens (including phenoxy) is 1. The molecule has 0 radical (unpaired) electrons. The normalized spacial score (nSPS) is 10.6. The van der Waals surface area contributed by atoms with Gasteiger partial charge in [-0.05, 0) is 13.8 Å². The Morgan fingerprint density at radius 1 is 1.48 bits per heavy atom. The highest BCUT2D eigenvalue weighted by Crippen LogP contribution is 2.33. The smallest absolute Gasteiger partial charge is 0.224 e. The molecule has 2 rings (SSSR count). The van der Waals surface area contributed by atoms with Crippen molar-refractivity contribution < 1.29 is 23.8 Å². The van der Waals surface area contributed by atoms with Gasteiger partial charge in [0.1, 0.15) is 22.6 Å². The lowest BCUT2D eigenvalue weighted by molar-refractivity contribution is -0.120. The Morgan fingerprint density at radius 2 is 2.17 bits per heavy atom. The molecule has 0 saturated carbocycles. The predicted octanol–water partition coefficient (Wildman–Crippen LogP) is 1.31. The van der Waals surface area contributed by atoms with E-state index in [-0.39, 0.29) is 51.7 Å². The molecular formula is C16H17NO6. The number of benzene rings is 1. The molecular weight excluding hydrogens is 302 g/mol. The number of phenols is 1. The zero-order chi connectivity index (χ0) is 17.1. The number of fused-ring (bicyclic) bond motifs is 1. The fraction of sp³-hybridized carbons (Fsp3) is 0.312. The summed E-state index contributed by atoms with van der Waals surface area (Å²) in [5.41, 5.74) is -0.469. The molecule has 0 fully saturated rings. The molecule has 0 unspecified atom stereocenters. The van der Waals surface area contributed by atoms with E-state index < -0.39 is 5.43 Å². The number of aromatic hydroxyl groups is 1. The molecule has 0 bridgehead atoms. The van der Waals surface area contributed by atoms with Crippen molar-refractivity contribution in [3.63, 3.8) is 0 Å². The van der Waals surface area contributed by atoms with Crippen molar-refractivity contribution in [1.29, 1.82) is 0 Å². The maximum atomic E-state index is 12.7. The lowest BCUT2D eigenvalue weighted by atomic mass is 10.0. The van der Waals surface area contributed by atoms with E-state index in [1.807, 2.05) is 0 Å². The number of likely N-dealkylation sites (N-methyl/N-ethyl adjacent to an activating group) is 1. The second kappa shape index (κ2) is 6.51. The third kappa shape index (κ3) is 2.90. The van der Waals surface area contributed by atoms with Gasteiger partial charge in [0.15, 0.2) is 17.3 Å². The third-order valence-electron chi connectivity index (χ3n) is 3.49. The van der Waals surface area contributed by atoms with Crippen LogP contribution in [0.15, 0.2) is 15.3 Å². The topological polar surface area (TPSA) is 106 Å². The average Bonchev–Trinajstić information content (AvgIpc) is 2.50. The second-order valence-electron chi connectivity index (χ2n) is 4.93. The summed E-state index contributed by atoms with van der Waals surface area (Å²) in [5, 5.41) is 12.5. The molecule has 7 nitrogen and oxygen atoms in total. The molecule has 0 aliphatic carbocycles. The van der Waals surface area contributed by atoms with Crippen LogP contribution in [0.1, 0.15) is 28.6 Å². The lowest BCUT2D eigenvalue weighted by Crippen LogP contribution is -2.27. The first kappa shape index (κ1) is 16.5. The zero-order valence-electron chi connectivity index (χ0n) is 13.1. The van der Waals surface area contributed by atoms with Gasteiger partial charge in [0.2, 0.25) is 5.91 Å². The average molecular weight is 319 g/mol. The van der Waals surface area contributed by atoms with Crippen molar-refractivity contribution in [2.45, 2.75) is 20.3 Å². The Balaban J connectivity index is 2.80. The number of aldehydes is 1. The number of rotatable bonds is 5. The first-order chi connectivity index (χ1) is 10.9. The number of hydrogen-bond donors (Lipinski definition) is 2. The van der Waals surface area contributed by atoms with Crippen molar-refractivity contribution in [3.8, 4) is 11.5 Å². The molecule has 0 aliphatic heterocycles. The molecule has 23 heavy (non-hydrogen) atoms. The van der Waals surface area contributed by atoms with E-state index in [4.69, 9.17) is 9.15 Å². The molecule has 1 aromatic heterocycles. The molecule has 7 heteroatoms. The minimum atomic E-state index is -0.463. The molecule has 122 valence electrons. The van der Waals surface area contributed by atoms with E-state index in [0.717, 1.165) is 0 Å². The minimum Gasteiger partial charge on any atom is -0.507 e. The number of carbonyl (C=O) groups is 2. The van der Waals surface area contributed by atoms with Gasteiger partial charge in [-0.15, -0.1) is 0 Å². The van der Waals surface area contributed by atoms with Crippen LogP contribution in [-0.4, -0.2) is 31.0 Å². The largest absolute Gasteiger partial charge is 0.507 e. The van der Waals surface area contributed by atoms with Gasteiger partial charge in [-0.1, -0.05) is 0 Å². The molecule has 0 spiro atoms. The van der Waals surface area contributed by atoms with E-state index >= 15 is 0 Å². The van der Waals surface area contributed by atoms with Gasteiger partial charge in [0.05, 0.1) is 19.1 Å². The molecule has 0 saturated heterocycles. The van der Waals surface area contributed by atoms with Crippen molar-refractivity contribution in [1.82, 2.24) is 5.32 Å². The lowest BCUT2D eigenvalue weighted by Gasteiger charge is -2.11. The van der Waals surface area contributed by atoms with Gasteiger partial charge in [-0.3, -0.25) is 14.4 Å². The molecule has 1 amide bonds. The van der Waals surface area contributed by atoms with E-state index in [1.165, 1.54) is 20.1 Å². The van der Waals surface area contributed by atoms with Gasteiger partial charge >= 0.3 is 0 Å². The monoisotopic (exact) mass is 319 g/mol. The Labute approximate surface area is 131 Å². The number of nitrogens with one attached hydrogen (secondary N) is 1. The van der Waals surface area contributed by atoms with Gasteiger partial charge in [-0.25, -0.2) is 0 Å². The standard InChI is InChI=1S/C16H17NO6/c1-4-17-13(20)5-9-8(2)23-16-10(7-18)11(19)6-12(22-3)14(16)15(9)21/h6-7,19H,4-5H2,1-3H3,(H,17,20). The Bertz CT molecular complexity index is 837. The number of hydrogen-bond acceptors (Lipinski definition) is 6.